The van der Waals surface area contributed by atoms with E-state index in [0.717, 1.165) is 31.1 Å². The van der Waals surface area contributed by atoms with Crippen molar-refractivity contribution in [3.05, 3.63) is 36.4 Å². The highest BCUT2D eigenvalue weighted by molar-refractivity contribution is 7.93. The van der Waals surface area contributed by atoms with Gasteiger partial charge in [-0.1, -0.05) is 57.4 Å². The molecule has 0 aliphatic carbocycles. The van der Waals surface area contributed by atoms with Crippen molar-refractivity contribution < 1.29 is 13.2 Å². The summed E-state index contributed by atoms with van der Waals surface area (Å²) in [5, 5.41) is 4.50. The molecular weight excluding hydrogens is 348 g/mol. The molecule has 0 spiro atoms. The number of carbonyl (C=O) groups excluding carboxylic acids is 1. The Morgan fingerprint density at radius 3 is 2.58 bits per heavy atom. The van der Waals surface area contributed by atoms with Crippen LogP contribution in [0.15, 0.2) is 41.3 Å². The fourth-order valence-corrected chi connectivity index (χ4v) is 5.18. The maximum absolute atomic E-state index is 12.9. The molecule has 0 aromatic heterocycles. The van der Waals surface area contributed by atoms with Crippen molar-refractivity contribution in [2.45, 2.75) is 44.4 Å². The molecule has 3 rings (SSSR count). The van der Waals surface area contributed by atoms with Gasteiger partial charge >= 0.3 is 0 Å². The average molecular weight is 375 g/mol. The summed E-state index contributed by atoms with van der Waals surface area (Å²) in [5.74, 6) is 0.183. The summed E-state index contributed by atoms with van der Waals surface area (Å²) in [6.07, 6.45) is 4.37. The van der Waals surface area contributed by atoms with Gasteiger partial charge in [0.2, 0.25) is 5.91 Å². The van der Waals surface area contributed by atoms with Gasteiger partial charge in [0.05, 0.1) is 10.6 Å². The number of rotatable bonds is 8. The summed E-state index contributed by atoms with van der Waals surface area (Å²) < 4.78 is 27.0. The molecule has 2 aromatic rings. The van der Waals surface area contributed by atoms with E-state index >= 15 is 0 Å². The van der Waals surface area contributed by atoms with Crippen LogP contribution in [0.1, 0.15) is 39.5 Å². The zero-order valence-electron chi connectivity index (χ0n) is 15.4. The Labute approximate surface area is 155 Å². The first-order valence-corrected chi connectivity index (χ1v) is 10.7. The van der Waals surface area contributed by atoms with Crippen molar-refractivity contribution in [2.75, 3.05) is 17.4 Å². The highest BCUT2D eigenvalue weighted by Crippen LogP contribution is 2.41. The van der Waals surface area contributed by atoms with E-state index in [9.17, 15) is 13.2 Å². The van der Waals surface area contributed by atoms with Crippen molar-refractivity contribution in [1.82, 2.24) is 5.32 Å². The molecule has 1 heterocycles. The van der Waals surface area contributed by atoms with Gasteiger partial charge in [-0.15, -0.1) is 0 Å². The van der Waals surface area contributed by atoms with Gasteiger partial charge in [-0.05, 0) is 29.9 Å². The van der Waals surface area contributed by atoms with Gasteiger partial charge in [0.15, 0.2) is 0 Å². The van der Waals surface area contributed by atoms with Crippen molar-refractivity contribution in [3.63, 3.8) is 0 Å². The smallest absolute Gasteiger partial charge is 0.265 e. The number of anilines is 1. The van der Waals surface area contributed by atoms with Crippen LogP contribution in [-0.2, 0) is 14.8 Å². The fourth-order valence-electron chi connectivity index (χ4n) is 3.52. The van der Waals surface area contributed by atoms with Crippen LogP contribution in [0.5, 0.6) is 0 Å². The minimum Gasteiger partial charge on any atom is -0.354 e. The second-order valence-corrected chi connectivity index (χ2v) is 8.69. The van der Waals surface area contributed by atoms with Crippen LogP contribution < -0.4 is 9.62 Å². The number of carbonyl (C=O) groups is 1. The van der Waals surface area contributed by atoms with E-state index < -0.39 is 10.0 Å². The standard InChI is InChI=1S/C20H26N2O3S/c1-3-5-8-15(4-2)13-21-19(23)14-22-17-11-6-9-16-10-7-12-18(20(16)17)26(22,24)25/h6-7,9-12,15H,3-5,8,13-14H2,1-2H3,(H,21,23)/t15-/m0/s1. The quantitative estimate of drug-likeness (QED) is 0.766. The number of sulfonamides is 1. The van der Waals surface area contributed by atoms with Crippen LogP contribution in [0.3, 0.4) is 0 Å². The van der Waals surface area contributed by atoms with Crippen LogP contribution in [0.4, 0.5) is 5.69 Å². The third-order valence-electron chi connectivity index (χ3n) is 5.10. The lowest BCUT2D eigenvalue weighted by Crippen LogP contribution is -2.40. The van der Waals surface area contributed by atoms with Crippen molar-refractivity contribution >= 4 is 32.4 Å². The summed E-state index contributed by atoms with van der Waals surface area (Å²) in [5.41, 5.74) is 0.589. The fraction of sp³-hybridized carbons (Fsp3) is 0.450. The summed E-state index contributed by atoms with van der Waals surface area (Å²) >= 11 is 0. The number of hydrogen-bond acceptors (Lipinski definition) is 3. The number of nitrogens with zero attached hydrogens (tertiary/aromatic N) is 1. The monoisotopic (exact) mass is 374 g/mol. The lowest BCUT2D eigenvalue weighted by Gasteiger charge is -2.20. The molecule has 5 nitrogen and oxygen atoms in total. The largest absolute Gasteiger partial charge is 0.354 e. The molecule has 26 heavy (non-hydrogen) atoms. The Morgan fingerprint density at radius 2 is 1.88 bits per heavy atom. The normalized spacial score (nSPS) is 16.0. The molecule has 0 fully saturated rings. The molecule has 2 aromatic carbocycles. The maximum Gasteiger partial charge on any atom is 0.265 e. The van der Waals surface area contributed by atoms with Crippen LogP contribution in [0, 0.1) is 5.92 Å². The van der Waals surface area contributed by atoms with Gasteiger partial charge in [-0.3, -0.25) is 9.10 Å². The van der Waals surface area contributed by atoms with Gasteiger partial charge in [0.25, 0.3) is 10.0 Å². The van der Waals surface area contributed by atoms with E-state index in [1.807, 2.05) is 18.2 Å². The van der Waals surface area contributed by atoms with Crippen LogP contribution >= 0.6 is 0 Å². The van der Waals surface area contributed by atoms with E-state index in [0.29, 0.717) is 23.5 Å². The number of nitrogens with one attached hydrogen (secondary N) is 1. The molecule has 0 saturated heterocycles. The van der Waals surface area contributed by atoms with Gasteiger partial charge in [0, 0.05) is 11.9 Å². The lowest BCUT2D eigenvalue weighted by atomic mass is 9.99. The Kier molecular flexibility index (Phi) is 5.51. The summed E-state index contributed by atoms with van der Waals surface area (Å²) in [6.45, 7) is 4.69. The maximum atomic E-state index is 12.9. The summed E-state index contributed by atoms with van der Waals surface area (Å²) in [7, 11) is -3.68. The minimum absolute atomic E-state index is 0.180. The van der Waals surface area contributed by atoms with Gasteiger partial charge in [-0.25, -0.2) is 8.42 Å². The molecular formula is C20H26N2O3S. The third kappa shape index (κ3) is 3.43. The van der Waals surface area contributed by atoms with E-state index in [-0.39, 0.29) is 17.3 Å². The second-order valence-electron chi connectivity index (χ2n) is 6.86. The minimum atomic E-state index is -3.68. The first-order chi connectivity index (χ1) is 12.5. The van der Waals surface area contributed by atoms with E-state index in [2.05, 4.69) is 19.2 Å². The van der Waals surface area contributed by atoms with E-state index in [1.54, 1.807) is 18.2 Å². The zero-order chi connectivity index (χ0) is 18.7. The highest BCUT2D eigenvalue weighted by atomic mass is 32.2. The van der Waals surface area contributed by atoms with Gasteiger partial charge in [-0.2, -0.15) is 0 Å². The second kappa shape index (κ2) is 7.66. The van der Waals surface area contributed by atoms with Crippen LogP contribution in [0.25, 0.3) is 10.8 Å². The van der Waals surface area contributed by atoms with Crippen LogP contribution in [0.2, 0.25) is 0 Å². The molecule has 1 amide bonds. The Balaban J connectivity index is 1.75. The van der Waals surface area contributed by atoms with E-state index in [1.165, 1.54) is 4.31 Å². The lowest BCUT2D eigenvalue weighted by molar-refractivity contribution is -0.119. The molecule has 6 heteroatoms. The topological polar surface area (TPSA) is 66.5 Å². The molecule has 1 atom stereocenters. The molecule has 0 saturated carbocycles. The SMILES string of the molecule is CCCC[C@H](CC)CNC(=O)CN1c2cccc3cccc(c23)S1(=O)=O. The first-order valence-electron chi connectivity index (χ1n) is 9.30. The number of benzene rings is 2. The van der Waals surface area contributed by atoms with Crippen molar-refractivity contribution in [3.8, 4) is 0 Å². The highest BCUT2D eigenvalue weighted by Gasteiger charge is 2.36. The summed E-state index contributed by atoms with van der Waals surface area (Å²) in [4.78, 5) is 12.7. The molecule has 1 N–H and O–H groups in total. The molecule has 1 aliphatic heterocycles. The number of hydrogen-bond donors (Lipinski definition) is 1. The van der Waals surface area contributed by atoms with Crippen molar-refractivity contribution in [2.24, 2.45) is 5.92 Å². The number of unbranched alkanes of at least 4 members (excludes halogenated alkanes) is 1. The Morgan fingerprint density at radius 1 is 1.15 bits per heavy atom. The zero-order valence-corrected chi connectivity index (χ0v) is 16.2. The predicted octanol–water partition coefficient (Wildman–Crippen LogP) is 3.68. The molecule has 0 radical (unpaired) electrons. The number of amides is 1. The van der Waals surface area contributed by atoms with Crippen molar-refractivity contribution in [1.29, 1.82) is 0 Å². The van der Waals surface area contributed by atoms with Crippen LogP contribution in [-0.4, -0.2) is 27.4 Å². The molecule has 0 unspecified atom stereocenters. The Hall–Kier alpha value is -2.08. The van der Waals surface area contributed by atoms with E-state index in [4.69, 9.17) is 0 Å². The average Bonchev–Trinajstić information content (AvgIpc) is 2.85. The Bertz CT molecular complexity index is 903. The predicted molar refractivity (Wildman–Crippen MR) is 105 cm³/mol. The molecule has 1 aliphatic rings. The van der Waals surface area contributed by atoms with Gasteiger partial charge in [0.1, 0.15) is 6.54 Å². The van der Waals surface area contributed by atoms with Gasteiger partial charge < -0.3 is 5.32 Å². The first kappa shape index (κ1) is 18.7. The summed E-state index contributed by atoms with van der Waals surface area (Å²) in [6, 6.07) is 10.7. The molecule has 0 bridgehead atoms. The molecule has 140 valence electrons. The third-order valence-corrected chi connectivity index (χ3v) is 6.90.